The molecule has 3 nitrogen and oxygen atoms in total. The van der Waals surface area contributed by atoms with Crippen LogP contribution in [0.1, 0.15) is 67.2 Å². The number of nitrogens with zero attached hydrogens (tertiary/aromatic N) is 1. The minimum absolute atomic E-state index is 0.0569. The molecule has 4 atom stereocenters. The van der Waals surface area contributed by atoms with Crippen LogP contribution in [-0.2, 0) is 0 Å². The second-order valence-electron chi connectivity index (χ2n) is 8.18. The monoisotopic (exact) mass is 294 g/mol. The molecule has 1 saturated carbocycles. The Morgan fingerprint density at radius 3 is 2.33 bits per heavy atom. The van der Waals surface area contributed by atoms with Gasteiger partial charge in [-0.3, -0.25) is 0 Å². The van der Waals surface area contributed by atoms with Crippen LogP contribution in [0.15, 0.2) is 0 Å². The fourth-order valence-corrected chi connectivity index (χ4v) is 3.13. The second kappa shape index (κ2) is 7.11. The molecule has 0 spiro atoms. The fourth-order valence-electron chi connectivity index (χ4n) is 3.13. The quantitative estimate of drug-likeness (QED) is 0.785. The first kappa shape index (κ1) is 18.5. The van der Waals surface area contributed by atoms with Crippen LogP contribution in [0.5, 0.6) is 0 Å². The van der Waals surface area contributed by atoms with Crippen LogP contribution in [0.2, 0.25) is 0 Å². The molecule has 2 N–H and O–H groups in total. The molecule has 1 fully saturated rings. The Morgan fingerprint density at radius 2 is 1.81 bits per heavy atom. The van der Waals surface area contributed by atoms with Crippen LogP contribution in [-0.4, -0.2) is 23.8 Å². The van der Waals surface area contributed by atoms with Gasteiger partial charge < -0.3 is 10.4 Å². The van der Waals surface area contributed by atoms with Gasteiger partial charge in [-0.2, -0.15) is 5.26 Å². The highest BCUT2D eigenvalue weighted by Crippen LogP contribution is 2.43. The molecule has 1 rings (SSSR count). The highest BCUT2D eigenvalue weighted by molar-refractivity contribution is 4.99. The van der Waals surface area contributed by atoms with Gasteiger partial charge in [-0.1, -0.05) is 48.0 Å². The molecular formula is C18H34N2O. The summed E-state index contributed by atoms with van der Waals surface area (Å²) in [6, 6.07) is 2.60. The predicted molar refractivity (Wildman–Crippen MR) is 87.8 cm³/mol. The van der Waals surface area contributed by atoms with Gasteiger partial charge in [0.05, 0.1) is 18.1 Å². The standard InChI is InChI=1S/C18H34N2O/c1-7-17(3,4)18(5,6)8-9-20-15-10-13(2)16(21)11-14(15)12-19/h13-16,20-21H,7-11H2,1-6H3. The van der Waals surface area contributed by atoms with E-state index in [1.54, 1.807) is 0 Å². The van der Waals surface area contributed by atoms with E-state index in [1.165, 1.54) is 6.42 Å². The lowest BCUT2D eigenvalue weighted by Gasteiger charge is -2.42. The van der Waals surface area contributed by atoms with Crippen molar-refractivity contribution in [2.24, 2.45) is 22.7 Å². The molecule has 21 heavy (non-hydrogen) atoms. The molecule has 1 aliphatic rings. The zero-order valence-electron chi connectivity index (χ0n) is 14.7. The normalized spacial score (nSPS) is 31.0. The van der Waals surface area contributed by atoms with Crippen LogP contribution < -0.4 is 5.32 Å². The average molecular weight is 294 g/mol. The van der Waals surface area contributed by atoms with Crippen LogP contribution in [0.4, 0.5) is 0 Å². The summed E-state index contributed by atoms with van der Waals surface area (Å²) in [5.41, 5.74) is 0.593. The minimum atomic E-state index is -0.317. The lowest BCUT2D eigenvalue weighted by molar-refractivity contribution is 0.0455. The summed E-state index contributed by atoms with van der Waals surface area (Å²) in [6.45, 7) is 14.6. The topological polar surface area (TPSA) is 56.0 Å². The van der Waals surface area contributed by atoms with Crippen LogP contribution in [0.3, 0.4) is 0 Å². The van der Waals surface area contributed by atoms with Crippen molar-refractivity contribution < 1.29 is 5.11 Å². The average Bonchev–Trinajstić information content (AvgIpc) is 2.41. The molecule has 0 amide bonds. The summed E-state index contributed by atoms with van der Waals surface area (Å²) >= 11 is 0. The van der Waals surface area contributed by atoms with Gasteiger partial charge in [-0.25, -0.2) is 0 Å². The number of aliphatic hydroxyl groups excluding tert-OH is 1. The Bertz CT molecular complexity index is 370. The molecule has 0 aliphatic heterocycles. The zero-order valence-corrected chi connectivity index (χ0v) is 14.7. The van der Waals surface area contributed by atoms with E-state index >= 15 is 0 Å². The number of nitriles is 1. The molecule has 3 heteroatoms. The van der Waals surface area contributed by atoms with E-state index in [1.807, 2.05) is 0 Å². The van der Waals surface area contributed by atoms with E-state index in [2.05, 4.69) is 52.9 Å². The smallest absolute Gasteiger partial charge is 0.0673 e. The number of rotatable bonds is 6. The van der Waals surface area contributed by atoms with Gasteiger partial charge in [0.1, 0.15) is 0 Å². The summed E-state index contributed by atoms with van der Waals surface area (Å²) in [7, 11) is 0. The zero-order chi connectivity index (χ0) is 16.3. The van der Waals surface area contributed by atoms with E-state index in [-0.39, 0.29) is 29.4 Å². The van der Waals surface area contributed by atoms with Gasteiger partial charge in [-0.15, -0.1) is 0 Å². The Balaban J connectivity index is 2.53. The molecule has 0 saturated heterocycles. The lowest BCUT2D eigenvalue weighted by atomic mass is 9.64. The molecule has 1 aliphatic carbocycles. The minimum Gasteiger partial charge on any atom is -0.393 e. The summed E-state index contributed by atoms with van der Waals surface area (Å²) in [5, 5.41) is 22.8. The van der Waals surface area contributed by atoms with Crippen LogP contribution in [0, 0.1) is 34.0 Å². The Hall–Kier alpha value is -0.590. The Labute approximate surface area is 131 Å². The van der Waals surface area contributed by atoms with Crippen molar-refractivity contribution in [3.63, 3.8) is 0 Å². The van der Waals surface area contributed by atoms with Gasteiger partial charge in [0.15, 0.2) is 0 Å². The van der Waals surface area contributed by atoms with Gasteiger partial charge in [-0.05, 0) is 42.6 Å². The van der Waals surface area contributed by atoms with Crippen molar-refractivity contribution in [3.8, 4) is 6.07 Å². The first-order valence-corrected chi connectivity index (χ1v) is 8.45. The van der Waals surface area contributed by atoms with Gasteiger partial charge in [0.25, 0.3) is 0 Å². The van der Waals surface area contributed by atoms with Crippen molar-refractivity contribution in [2.45, 2.75) is 79.4 Å². The Morgan fingerprint density at radius 1 is 1.19 bits per heavy atom. The van der Waals surface area contributed by atoms with E-state index in [0.717, 1.165) is 19.4 Å². The van der Waals surface area contributed by atoms with Crippen molar-refractivity contribution in [3.05, 3.63) is 0 Å². The van der Waals surface area contributed by atoms with Crippen LogP contribution in [0.25, 0.3) is 0 Å². The maximum atomic E-state index is 9.91. The van der Waals surface area contributed by atoms with E-state index in [9.17, 15) is 10.4 Å². The summed E-state index contributed by atoms with van der Waals surface area (Å²) in [5.74, 6) is 0.227. The third-order valence-corrected chi connectivity index (χ3v) is 6.30. The molecule has 0 aromatic carbocycles. The maximum absolute atomic E-state index is 9.91. The largest absolute Gasteiger partial charge is 0.393 e. The highest BCUT2D eigenvalue weighted by atomic mass is 16.3. The fraction of sp³-hybridized carbons (Fsp3) is 0.944. The molecule has 0 aromatic heterocycles. The molecule has 122 valence electrons. The molecule has 0 heterocycles. The SMILES string of the molecule is CCC(C)(C)C(C)(C)CCNC1CC(C)C(O)CC1C#N. The van der Waals surface area contributed by atoms with E-state index in [0.29, 0.717) is 11.8 Å². The highest BCUT2D eigenvalue weighted by Gasteiger charge is 2.37. The van der Waals surface area contributed by atoms with Gasteiger partial charge in [0.2, 0.25) is 0 Å². The number of aliphatic hydroxyl groups is 1. The summed E-state index contributed by atoms with van der Waals surface area (Å²) < 4.78 is 0. The number of hydrogen-bond acceptors (Lipinski definition) is 3. The number of nitrogens with one attached hydrogen (secondary N) is 1. The third-order valence-electron chi connectivity index (χ3n) is 6.30. The van der Waals surface area contributed by atoms with Gasteiger partial charge >= 0.3 is 0 Å². The second-order valence-corrected chi connectivity index (χ2v) is 8.18. The van der Waals surface area contributed by atoms with E-state index < -0.39 is 0 Å². The molecule has 4 unspecified atom stereocenters. The lowest BCUT2D eigenvalue weighted by Crippen LogP contribution is -2.46. The van der Waals surface area contributed by atoms with Crippen molar-refractivity contribution >= 4 is 0 Å². The van der Waals surface area contributed by atoms with E-state index in [4.69, 9.17) is 0 Å². The van der Waals surface area contributed by atoms with Crippen LogP contribution >= 0.6 is 0 Å². The van der Waals surface area contributed by atoms with Gasteiger partial charge in [0, 0.05) is 6.04 Å². The summed E-state index contributed by atoms with van der Waals surface area (Å²) in [4.78, 5) is 0. The molecule has 0 aromatic rings. The third kappa shape index (κ3) is 4.44. The first-order valence-electron chi connectivity index (χ1n) is 8.45. The molecule has 0 radical (unpaired) electrons. The molecular weight excluding hydrogens is 260 g/mol. The first-order chi connectivity index (χ1) is 9.64. The number of hydrogen-bond donors (Lipinski definition) is 2. The maximum Gasteiger partial charge on any atom is 0.0673 e. The van der Waals surface area contributed by atoms with Crippen molar-refractivity contribution in [1.29, 1.82) is 5.26 Å². The van der Waals surface area contributed by atoms with Crippen molar-refractivity contribution in [1.82, 2.24) is 5.32 Å². The van der Waals surface area contributed by atoms with Crippen molar-refractivity contribution in [2.75, 3.05) is 6.54 Å². The predicted octanol–water partition coefficient (Wildman–Crippen LogP) is 3.73. The molecule has 0 bridgehead atoms. The Kier molecular flexibility index (Phi) is 6.25. The summed E-state index contributed by atoms with van der Waals surface area (Å²) in [6.07, 6.45) is 3.48.